The first-order chi connectivity index (χ1) is 18.4. The third kappa shape index (κ3) is 5.27. The van der Waals surface area contributed by atoms with Gasteiger partial charge >= 0.3 is 0 Å². The van der Waals surface area contributed by atoms with Gasteiger partial charge in [-0.1, -0.05) is 82.1 Å². The van der Waals surface area contributed by atoms with Gasteiger partial charge < -0.3 is 4.74 Å². The average Bonchev–Trinajstić information content (AvgIpc) is 2.93. The highest BCUT2D eigenvalue weighted by molar-refractivity contribution is 9.10. The summed E-state index contributed by atoms with van der Waals surface area (Å²) in [7, 11) is 0. The second kappa shape index (κ2) is 11.3. The molecule has 1 aliphatic heterocycles. The fourth-order valence-corrected chi connectivity index (χ4v) is 4.97. The minimum Gasteiger partial charge on any atom is -0.488 e. The molecule has 8 heteroatoms. The zero-order valence-electron chi connectivity index (χ0n) is 19.9. The summed E-state index contributed by atoms with van der Waals surface area (Å²) in [6, 6.07) is 30.9. The maximum Gasteiger partial charge on any atom is 0.270 e. The summed E-state index contributed by atoms with van der Waals surface area (Å²) in [6.45, 7) is 0.218. The van der Waals surface area contributed by atoms with Crippen LogP contribution in [0.1, 0.15) is 11.1 Å². The molecule has 5 rings (SSSR count). The van der Waals surface area contributed by atoms with Gasteiger partial charge in [-0.15, -0.1) is 0 Å². The van der Waals surface area contributed by atoms with E-state index in [2.05, 4.69) is 15.9 Å². The van der Waals surface area contributed by atoms with Crippen LogP contribution in [0.2, 0.25) is 5.02 Å². The maximum atomic E-state index is 13.8. The highest BCUT2D eigenvalue weighted by Crippen LogP contribution is 2.32. The molecule has 1 heterocycles. The SMILES string of the molecule is O=C1C(=Cc2cc(Br)ccc2OCc2ccccc2Cl)C(=O)N(c2ccccc2)C(=S)N1c1ccccc1. The van der Waals surface area contributed by atoms with Crippen LogP contribution in [0.3, 0.4) is 0 Å². The van der Waals surface area contributed by atoms with Crippen LogP contribution in [-0.4, -0.2) is 16.9 Å². The van der Waals surface area contributed by atoms with Crippen LogP contribution in [0.5, 0.6) is 5.75 Å². The van der Waals surface area contributed by atoms with E-state index in [1.54, 1.807) is 48.5 Å². The number of thiocarbonyl (C=S) groups is 1. The molecule has 4 aromatic rings. The lowest BCUT2D eigenvalue weighted by atomic mass is 10.0. The minimum atomic E-state index is -0.518. The number of ether oxygens (including phenoxy) is 1. The number of rotatable bonds is 6. The molecule has 0 N–H and O–H groups in total. The van der Waals surface area contributed by atoms with Crippen LogP contribution in [0.15, 0.2) is 113 Å². The number of carbonyl (C=O) groups is 2. The summed E-state index contributed by atoms with van der Waals surface area (Å²) in [5.74, 6) is -0.544. The van der Waals surface area contributed by atoms with Gasteiger partial charge in [0.05, 0.1) is 11.4 Å². The number of nitrogens with zero attached hydrogens (tertiary/aromatic N) is 2. The summed E-state index contributed by atoms with van der Waals surface area (Å²) in [5, 5.41) is 0.673. The molecule has 0 aliphatic carbocycles. The van der Waals surface area contributed by atoms with E-state index >= 15 is 0 Å². The number of hydrogen-bond donors (Lipinski definition) is 0. The van der Waals surface area contributed by atoms with E-state index in [9.17, 15) is 9.59 Å². The van der Waals surface area contributed by atoms with Gasteiger partial charge in [-0.05, 0) is 66.8 Å². The second-order valence-electron chi connectivity index (χ2n) is 8.36. The Hall–Kier alpha value is -3.78. The molecule has 4 aromatic carbocycles. The molecule has 0 spiro atoms. The van der Waals surface area contributed by atoms with E-state index in [1.165, 1.54) is 9.80 Å². The molecule has 0 aromatic heterocycles. The minimum absolute atomic E-state index is 0.0491. The number of carbonyl (C=O) groups excluding carboxylic acids is 2. The Morgan fingerprint density at radius 2 is 1.34 bits per heavy atom. The Balaban J connectivity index is 1.59. The van der Waals surface area contributed by atoms with E-state index in [4.69, 9.17) is 28.6 Å². The summed E-state index contributed by atoms with van der Waals surface area (Å²) >= 11 is 15.5. The van der Waals surface area contributed by atoms with Gasteiger partial charge in [-0.2, -0.15) is 0 Å². The number of anilines is 2. The third-order valence-electron chi connectivity index (χ3n) is 5.89. The molecule has 2 amide bonds. The Labute approximate surface area is 239 Å². The summed E-state index contributed by atoms with van der Waals surface area (Å²) in [5.41, 5.74) is 2.44. The van der Waals surface area contributed by atoms with Gasteiger partial charge in [-0.3, -0.25) is 19.4 Å². The van der Waals surface area contributed by atoms with Crippen LogP contribution >= 0.6 is 39.7 Å². The van der Waals surface area contributed by atoms with Crippen LogP contribution in [0.4, 0.5) is 11.4 Å². The number of benzene rings is 4. The summed E-state index contributed by atoms with van der Waals surface area (Å²) < 4.78 is 6.85. The molecule has 0 saturated carbocycles. The topological polar surface area (TPSA) is 49.9 Å². The van der Waals surface area contributed by atoms with Crippen molar-refractivity contribution < 1.29 is 14.3 Å². The molecule has 38 heavy (non-hydrogen) atoms. The zero-order chi connectivity index (χ0) is 26.6. The summed E-state index contributed by atoms with van der Waals surface area (Å²) in [6.07, 6.45) is 1.55. The van der Waals surface area contributed by atoms with Gasteiger partial charge in [0.25, 0.3) is 11.8 Å². The van der Waals surface area contributed by atoms with Crippen molar-refractivity contribution in [3.05, 3.63) is 129 Å². The molecule has 1 aliphatic rings. The van der Waals surface area contributed by atoms with E-state index in [0.717, 1.165) is 10.0 Å². The van der Waals surface area contributed by atoms with Crippen molar-refractivity contribution in [2.75, 3.05) is 9.80 Å². The highest BCUT2D eigenvalue weighted by atomic mass is 79.9. The molecule has 188 valence electrons. The molecule has 0 unspecified atom stereocenters. The molecule has 0 bridgehead atoms. The molecule has 5 nitrogen and oxygen atoms in total. The van der Waals surface area contributed by atoms with Gasteiger partial charge in [0.15, 0.2) is 5.11 Å². The van der Waals surface area contributed by atoms with Crippen molar-refractivity contribution in [3.63, 3.8) is 0 Å². The van der Waals surface area contributed by atoms with E-state index in [-0.39, 0.29) is 17.3 Å². The maximum absolute atomic E-state index is 13.8. The molecule has 0 atom stereocenters. The average molecular weight is 604 g/mol. The first kappa shape index (κ1) is 25.9. The molecule has 1 fully saturated rings. The first-order valence-corrected chi connectivity index (χ1v) is 13.2. The Morgan fingerprint density at radius 1 is 0.789 bits per heavy atom. The molecular formula is C30H20BrClN2O3S. The number of hydrogen-bond acceptors (Lipinski definition) is 4. The van der Waals surface area contributed by atoms with E-state index in [1.807, 2.05) is 60.7 Å². The third-order valence-corrected chi connectivity index (χ3v) is 7.12. The Morgan fingerprint density at radius 3 is 1.92 bits per heavy atom. The lowest BCUT2D eigenvalue weighted by Crippen LogP contribution is -2.56. The van der Waals surface area contributed by atoms with Gasteiger partial charge in [0, 0.05) is 20.6 Å². The predicted molar refractivity (Wildman–Crippen MR) is 158 cm³/mol. The molecular weight excluding hydrogens is 584 g/mol. The quantitative estimate of drug-likeness (QED) is 0.131. The van der Waals surface area contributed by atoms with Crippen molar-refractivity contribution >= 4 is 74.1 Å². The van der Waals surface area contributed by atoms with Crippen molar-refractivity contribution in [1.29, 1.82) is 0 Å². The summed E-state index contributed by atoms with van der Waals surface area (Å²) in [4.78, 5) is 30.3. The predicted octanol–water partition coefficient (Wildman–Crippen LogP) is 7.43. The fourth-order valence-electron chi connectivity index (χ4n) is 4.03. The van der Waals surface area contributed by atoms with Crippen LogP contribution in [-0.2, 0) is 16.2 Å². The normalized spacial score (nSPS) is 13.6. The lowest BCUT2D eigenvalue weighted by molar-refractivity contribution is -0.120. The van der Waals surface area contributed by atoms with Crippen LogP contribution < -0.4 is 14.5 Å². The lowest BCUT2D eigenvalue weighted by Gasteiger charge is -2.36. The number of amides is 2. The van der Waals surface area contributed by atoms with Crippen LogP contribution in [0, 0.1) is 0 Å². The van der Waals surface area contributed by atoms with Crippen molar-refractivity contribution in [2.24, 2.45) is 0 Å². The van der Waals surface area contributed by atoms with Crippen molar-refractivity contribution in [2.45, 2.75) is 6.61 Å². The van der Waals surface area contributed by atoms with Gasteiger partial charge in [-0.25, -0.2) is 0 Å². The number of para-hydroxylation sites is 2. The van der Waals surface area contributed by atoms with E-state index < -0.39 is 11.8 Å². The van der Waals surface area contributed by atoms with E-state index in [0.29, 0.717) is 27.7 Å². The Kier molecular flexibility index (Phi) is 7.69. The largest absolute Gasteiger partial charge is 0.488 e. The zero-order valence-corrected chi connectivity index (χ0v) is 23.0. The standard InChI is InChI=1S/C30H20BrClN2O3S/c31-22-15-16-27(37-19-20-9-7-8-14-26(20)32)21(17-22)18-25-28(35)33(23-10-3-1-4-11-23)30(38)34(29(25)36)24-12-5-2-6-13-24/h1-18H,19H2. The van der Waals surface area contributed by atoms with Gasteiger partial charge in [0.2, 0.25) is 0 Å². The molecule has 1 saturated heterocycles. The molecule has 0 radical (unpaired) electrons. The Bertz CT molecular complexity index is 1500. The van der Waals surface area contributed by atoms with Crippen molar-refractivity contribution in [1.82, 2.24) is 0 Å². The monoisotopic (exact) mass is 602 g/mol. The highest BCUT2D eigenvalue weighted by Gasteiger charge is 2.41. The number of halogens is 2. The smallest absolute Gasteiger partial charge is 0.270 e. The first-order valence-electron chi connectivity index (χ1n) is 11.6. The fraction of sp³-hybridized carbons (Fsp3) is 0.0333. The van der Waals surface area contributed by atoms with Crippen molar-refractivity contribution in [3.8, 4) is 5.75 Å². The van der Waals surface area contributed by atoms with Gasteiger partial charge in [0.1, 0.15) is 17.9 Å². The van der Waals surface area contributed by atoms with Crippen LogP contribution in [0.25, 0.3) is 6.08 Å². The second-order valence-corrected chi connectivity index (χ2v) is 10.0.